The molecule has 1 aliphatic heterocycles. The lowest BCUT2D eigenvalue weighted by Gasteiger charge is -2.17. The molecule has 0 unspecified atom stereocenters. The maximum absolute atomic E-state index is 12.6. The topological polar surface area (TPSA) is 125 Å². The number of anilines is 1. The zero-order chi connectivity index (χ0) is 22.4. The van der Waals surface area contributed by atoms with Gasteiger partial charge in [-0.3, -0.25) is 23.9 Å². The van der Waals surface area contributed by atoms with E-state index in [1.807, 2.05) is 4.90 Å². The van der Waals surface area contributed by atoms with Gasteiger partial charge < -0.3 is 9.64 Å². The Labute approximate surface area is 184 Å². The van der Waals surface area contributed by atoms with Crippen LogP contribution in [0.25, 0.3) is 16.0 Å². The number of esters is 1. The zero-order valence-electron chi connectivity index (χ0n) is 17.1. The molecular weight excluding hydrogens is 436 g/mol. The summed E-state index contributed by atoms with van der Waals surface area (Å²) in [6.45, 7) is 1.30. The summed E-state index contributed by atoms with van der Waals surface area (Å²) in [7, 11) is 1.60. The Hall–Kier alpha value is -3.80. The molecule has 4 heterocycles. The highest BCUT2D eigenvalue weighted by atomic mass is 32.1. The SMILES string of the molecule is Cn1c(=O)c2sccc2n2c(COC(=O)c3ccc(N4CCCC4)c([N+](=O)[O-])c3)nnc12. The molecule has 1 saturated heterocycles. The molecule has 0 radical (unpaired) electrons. The minimum Gasteiger partial charge on any atom is -0.454 e. The number of nitro benzene ring substituents is 1. The number of carbonyl (C=O) groups is 1. The number of carbonyl (C=O) groups excluding carboxylic acids is 1. The fourth-order valence-corrected chi connectivity index (χ4v) is 4.83. The van der Waals surface area contributed by atoms with Crippen molar-refractivity contribution in [1.82, 2.24) is 19.2 Å². The van der Waals surface area contributed by atoms with Gasteiger partial charge in [0.25, 0.3) is 11.2 Å². The van der Waals surface area contributed by atoms with Gasteiger partial charge in [0.1, 0.15) is 10.4 Å². The first-order chi connectivity index (χ1) is 15.5. The number of rotatable bonds is 5. The fourth-order valence-electron chi connectivity index (χ4n) is 3.98. The molecule has 5 rings (SSSR count). The largest absolute Gasteiger partial charge is 0.454 e. The Kier molecular flexibility index (Phi) is 4.85. The van der Waals surface area contributed by atoms with Crippen molar-refractivity contribution in [3.8, 4) is 0 Å². The van der Waals surface area contributed by atoms with E-state index < -0.39 is 10.9 Å². The predicted molar refractivity (Wildman–Crippen MR) is 117 cm³/mol. The molecular formula is C20H18N6O5S. The maximum Gasteiger partial charge on any atom is 0.338 e. The van der Waals surface area contributed by atoms with E-state index in [1.54, 1.807) is 29.0 Å². The summed E-state index contributed by atoms with van der Waals surface area (Å²) >= 11 is 1.31. The third-order valence-corrected chi connectivity index (χ3v) is 6.48. The van der Waals surface area contributed by atoms with Gasteiger partial charge in [0.15, 0.2) is 12.4 Å². The van der Waals surface area contributed by atoms with Crippen molar-refractivity contribution < 1.29 is 14.5 Å². The molecule has 0 N–H and O–H groups in total. The summed E-state index contributed by atoms with van der Waals surface area (Å²) in [5.74, 6) is -0.0303. The summed E-state index contributed by atoms with van der Waals surface area (Å²) in [5.41, 5.74) is 0.928. The van der Waals surface area contributed by atoms with Gasteiger partial charge in [-0.1, -0.05) is 0 Å². The number of nitro groups is 1. The Bertz CT molecular complexity index is 1430. The average Bonchev–Trinajstić information content (AvgIpc) is 3.55. The lowest BCUT2D eigenvalue weighted by atomic mass is 10.1. The Morgan fingerprint density at radius 3 is 2.78 bits per heavy atom. The van der Waals surface area contributed by atoms with E-state index in [2.05, 4.69) is 10.2 Å². The molecule has 0 aliphatic carbocycles. The highest BCUT2D eigenvalue weighted by Gasteiger charge is 2.25. The second-order valence-corrected chi connectivity index (χ2v) is 8.40. The number of thiophene rings is 1. The van der Waals surface area contributed by atoms with Crippen LogP contribution in [0.15, 0.2) is 34.4 Å². The van der Waals surface area contributed by atoms with Crippen LogP contribution in [0.3, 0.4) is 0 Å². The van der Waals surface area contributed by atoms with Gasteiger partial charge in [-0.05, 0) is 36.4 Å². The van der Waals surface area contributed by atoms with Gasteiger partial charge in [-0.25, -0.2) is 4.79 Å². The van der Waals surface area contributed by atoms with Crippen LogP contribution in [0.1, 0.15) is 29.0 Å². The molecule has 12 heteroatoms. The first kappa shape index (κ1) is 20.1. The second kappa shape index (κ2) is 7.71. The van der Waals surface area contributed by atoms with Crippen LogP contribution < -0.4 is 10.5 Å². The summed E-state index contributed by atoms with van der Waals surface area (Å²) in [6, 6.07) is 6.16. The number of aryl methyl sites for hydroxylation is 1. The quantitative estimate of drug-likeness (QED) is 0.256. The van der Waals surface area contributed by atoms with E-state index >= 15 is 0 Å². The minimum atomic E-state index is -0.704. The van der Waals surface area contributed by atoms with Crippen LogP contribution in [0.2, 0.25) is 0 Å². The van der Waals surface area contributed by atoms with Crippen LogP contribution in [0, 0.1) is 10.1 Å². The van der Waals surface area contributed by atoms with E-state index in [-0.39, 0.29) is 23.4 Å². The molecule has 3 aromatic heterocycles. The van der Waals surface area contributed by atoms with Crippen molar-refractivity contribution in [3.63, 3.8) is 0 Å². The van der Waals surface area contributed by atoms with Crippen molar-refractivity contribution in [2.75, 3.05) is 18.0 Å². The summed E-state index contributed by atoms with van der Waals surface area (Å²) in [5, 5.41) is 21.5. The van der Waals surface area contributed by atoms with Crippen LogP contribution in [0.4, 0.5) is 11.4 Å². The van der Waals surface area contributed by atoms with E-state index in [9.17, 15) is 19.7 Å². The van der Waals surface area contributed by atoms with Crippen molar-refractivity contribution in [3.05, 3.63) is 61.5 Å². The van der Waals surface area contributed by atoms with E-state index in [1.165, 1.54) is 28.0 Å². The third kappa shape index (κ3) is 3.19. The average molecular weight is 454 g/mol. The van der Waals surface area contributed by atoms with Gasteiger partial charge in [0.05, 0.1) is 16.0 Å². The molecule has 0 atom stereocenters. The maximum atomic E-state index is 12.6. The first-order valence-electron chi connectivity index (χ1n) is 9.96. The van der Waals surface area contributed by atoms with Crippen molar-refractivity contribution in [2.24, 2.45) is 7.05 Å². The number of nitrogens with zero attached hydrogens (tertiary/aromatic N) is 6. The fraction of sp³-hybridized carbons (Fsp3) is 0.300. The van der Waals surface area contributed by atoms with Gasteiger partial charge in [0, 0.05) is 26.2 Å². The van der Waals surface area contributed by atoms with Gasteiger partial charge in [-0.15, -0.1) is 21.5 Å². The number of hydrogen-bond donors (Lipinski definition) is 0. The van der Waals surface area contributed by atoms with E-state index in [0.29, 0.717) is 27.5 Å². The highest BCUT2D eigenvalue weighted by Crippen LogP contribution is 2.32. The van der Waals surface area contributed by atoms with E-state index in [0.717, 1.165) is 25.9 Å². The first-order valence-corrected chi connectivity index (χ1v) is 10.8. The Morgan fingerprint density at radius 1 is 1.25 bits per heavy atom. The molecule has 0 amide bonds. The monoisotopic (exact) mass is 454 g/mol. The molecule has 0 bridgehead atoms. The molecule has 11 nitrogen and oxygen atoms in total. The van der Waals surface area contributed by atoms with Gasteiger partial charge in [-0.2, -0.15) is 0 Å². The standard InChI is InChI=1S/C20H18N6O5S/c1-23-18(27)17-14(6-9-32-17)25-16(21-22-20(23)25)11-31-19(28)12-4-5-13(15(10-12)26(29)30)24-7-2-3-8-24/h4-6,9-10H,2-3,7-8,11H2,1H3. The third-order valence-electron chi connectivity index (χ3n) is 5.58. The van der Waals surface area contributed by atoms with E-state index in [4.69, 9.17) is 4.74 Å². The number of aromatic nitrogens is 4. The highest BCUT2D eigenvalue weighted by molar-refractivity contribution is 7.17. The lowest BCUT2D eigenvalue weighted by Crippen LogP contribution is -2.20. The molecule has 32 heavy (non-hydrogen) atoms. The molecule has 164 valence electrons. The van der Waals surface area contributed by atoms with Gasteiger partial charge in [0.2, 0.25) is 5.78 Å². The van der Waals surface area contributed by atoms with Crippen LogP contribution in [0.5, 0.6) is 0 Å². The van der Waals surface area contributed by atoms with Crippen molar-refractivity contribution in [2.45, 2.75) is 19.4 Å². The molecule has 0 saturated carbocycles. The minimum absolute atomic E-state index is 0.0848. The lowest BCUT2D eigenvalue weighted by molar-refractivity contribution is -0.384. The Balaban J connectivity index is 1.43. The molecule has 1 aliphatic rings. The van der Waals surface area contributed by atoms with Gasteiger partial charge >= 0.3 is 5.97 Å². The molecule has 1 fully saturated rings. The zero-order valence-corrected chi connectivity index (χ0v) is 17.9. The number of ether oxygens (including phenoxy) is 1. The normalized spacial score (nSPS) is 13.8. The molecule has 4 aromatic rings. The molecule has 1 aromatic carbocycles. The molecule has 0 spiro atoms. The van der Waals surface area contributed by atoms with Crippen molar-refractivity contribution >= 4 is 44.7 Å². The predicted octanol–water partition coefficient (Wildman–Crippen LogP) is 2.51. The number of hydrogen-bond acceptors (Lipinski definition) is 9. The summed E-state index contributed by atoms with van der Waals surface area (Å²) in [6.07, 6.45) is 1.96. The van der Waals surface area contributed by atoms with Crippen LogP contribution in [-0.4, -0.2) is 43.1 Å². The smallest absolute Gasteiger partial charge is 0.338 e. The number of benzene rings is 1. The van der Waals surface area contributed by atoms with Crippen molar-refractivity contribution in [1.29, 1.82) is 0 Å². The summed E-state index contributed by atoms with van der Waals surface area (Å²) in [4.78, 5) is 38.1. The number of fused-ring (bicyclic) bond motifs is 3. The van der Waals surface area contributed by atoms with Crippen LogP contribution >= 0.6 is 11.3 Å². The van der Waals surface area contributed by atoms with Crippen LogP contribution in [-0.2, 0) is 18.4 Å². The Morgan fingerprint density at radius 2 is 2.03 bits per heavy atom. The summed E-state index contributed by atoms with van der Waals surface area (Å²) < 4.78 is 8.99. The second-order valence-electron chi connectivity index (χ2n) is 7.48.